The van der Waals surface area contributed by atoms with Crippen LogP contribution in [0.15, 0.2) is 17.1 Å². The van der Waals surface area contributed by atoms with E-state index in [-0.39, 0.29) is 11.0 Å². The largest absolute Gasteiger partial charge is 0.495 e. The van der Waals surface area contributed by atoms with Crippen molar-refractivity contribution in [2.45, 2.75) is 70.8 Å². The zero-order chi connectivity index (χ0) is 21.3. The predicted octanol–water partition coefficient (Wildman–Crippen LogP) is 5.06. The minimum Gasteiger partial charge on any atom is -0.495 e. The number of carbonyl (C=O) groups excluding carboxylic acids is 1. The molecule has 30 heavy (non-hydrogen) atoms. The van der Waals surface area contributed by atoms with Gasteiger partial charge in [-0.1, -0.05) is 0 Å². The molecule has 162 valence electrons. The van der Waals surface area contributed by atoms with Gasteiger partial charge in [0.25, 0.3) is 0 Å². The van der Waals surface area contributed by atoms with E-state index in [2.05, 4.69) is 30.9 Å². The molecule has 0 radical (unpaired) electrons. The monoisotopic (exact) mass is 408 g/mol. The summed E-state index contributed by atoms with van der Waals surface area (Å²) < 4.78 is 5.67. The first kappa shape index (κ1) is 20.1. The van der Waals surface area contributed by atoms with Gasteiger partial charge in [0.2, 0.25) is 0 Å². The van der Waals surface area contributed by atoms with Crippen LogP contribution in [0, 0.1) is 23.2 Å². The van der Waals surface area contributed by atoms with Crippen LogP contribution in [0.3, 0.4) is 0 Å². The van der Waals surface area contributed by atoms with Crippen molar-refractivity contribution < 1.29 is 9.53 Å². The zero-order valence-electron chi connectivity index (χ0n) is 19.3. The van der Waals surface area contributed by atoms with E-state index in [1.165, 1.54) is 24.8 Å². The van der Waals surface area contributed by atoms with E-state index in [9.17, 15) is 4.79 Å². The summed E-state index contributed by atoms with van der Waals surface area (Å²) in [6, 6.07) is 4.35. The van der Waals surface area contributed by atoms with E-state index in [1.54, 1.807) is 7.11 Å². The van der Waals surface area contributed by atoms with Gasteiger partial charge in [-0.3, -0.25) is 9.79 Å². The van der Waals surface area contributed by atoms with Crippen molar-refractivity contribution in [3.05, 3.63) is 23.3 Å². The Morgan fingerprint density at radius 2 is 1.70 bits per heavy atom. The van der Waals surface area contributed by atoms with Gasteiger partial charge in [-0.2, -0.15) is 0 Å². The number of benzene rings is 1. The summed E-state index contributed by atoms with van der Waals surface area (Å²) in [6.45, 7) is 4.36. The van der Waals surface area contributed by atoms with Crippen LogP contribution in [0.1, 0.15) is 69.9 Å². The van der Waals surface area contributed by atoms with Gasteiger partial charge in [-0.15, -0.1) is 0 Å². The SMILES string of the molecule is COc1cc2c(cc1N(C)C)C(CC(=O)C13CC4CC(CC(C4)C1)C3)=NC(C)(C)C2. The molecule has 6 rings (SSSR count). The van der Waals surface area contributed by atoms with E-state index < -0.39 is 0 Å². The Balaban J connectivity index is 1.49. The molecule has 1 aromatic rings. The lowest BCUT2D eigenvalue weighted by Crippen LogP contribution is -2.50. The molecule has 4 saturated carbocycles. The third-order valence-corrected chi connectivity index (χ3v) is 8.22. The Bertz CT molecular complexity index is 877. The number of hydrogen-bond donors (Lipinski definition) is 0. The fourth-order valence-electron chi connectivity index (χ4n) is 7.40. The fourth-order valence-corrected chi connectivity index (χ4v) is 7.40. The minimum absolute atomic E-state index is 0.0597. The summed E-state index contributed by atoms with van der Waals surface area (Å²) in [7, 11) is 5.80. The summed E-state index contributed by atoms with van der Waals surface area (Å²) in [5.74, 6) is 3.74. The third kappa shape index (κ3) is 3.27. The molecule has 0 amide bonds. The first-order chi connectivity index (χ1) is 14.2. The molecule has 0 N–H and O–H groups in total. The summed E-state index contributed by atoms with van der Waals surface area (Å²) in [5, 5.41) is 0. The molecule has 0 saturated heterocycles. The average molecular weight is 409 g/mol. The lowest BCUT2D eigenvalue weighted by molar-refractivity contribution is -0.142. The first-order valence-electron chi connectivity index (χ1n) is 11.7. The van der Waals surface area contributed by atoms with Crippen LogP contribution in [0.2, 0.25) is 0 Å². The van der Waals surface area contributed by atoms with E-state index in [4.69, 9.17) is 9.73 Å². The van der Waals surface area contributed by atoms with Gasteiger partial charge in [0.15, 0.2) is 0 Å². The summed E-state index contributed by atoms with van der Waals surface area (Å²) in [4.78, 5) is 21.0. The van der Waals surface area contributed by atoms with Crippen molar-refractivity contribution in [2.75, 3.05) is 26.1 Å². The van der Waals surface area contributed by atoms with E-state index >= 15 is 0 Å². The predicted molar refractivity (Wildman–Crippen MR) is 122 cm³/mol. The van der Waals surface area contributed by atoms with Gasteiger partial charge in [0, 0.05) is 31.5 Å². The minimum atomic E-state index is -0.186. The van der Waals surface area contributed by atoms with Gasteiger partial charge >= 0.3 is 0 Å². The lowest BCUT2D eigenvalue weighted by Gasteiger charge is -2.56. The van der Waals surface area contributed by atoms with Crippen LogP contribution in [0.25, 0.3) is 0 Å². The molecule has 4 nitrogen and oxygen atoms in total. The molecule has 0 spiro atoms. The zero-order valence-corrected chi connectivity index (χ0v) is 19.3. The third-order valence-electron chi connectivity index (χ3n) is 8.22. The topological polar surface area (TPSA) is 41.9 Å². The molecular weight excluding hydrogens is 372 g/mol. The number of Topliss-reactive ketones (excluding diaryl/α,β-unsaturated/α-hetero) is 1. The quantitative estimate of drug-likeness (QED) is 0.684. The van der Waals surface area contributed by atoms with Gasteiger partial charge in [0.1, 0.15) is 11.5 Å². The Kier molecular flexibility index (Phi) is 4.57. The maximum absolute atomic E-state index is 13.8. The molecule has 4 fully saturated rings. The average Bonchev–Trinajstić information content (AvgIpc) is 2.64. The fraction of sp³-hybridized carbons (Fsp3) is 0.692. The van der Waals surface area contributed by atoms with Crippen molar-refractivity contribution in [3.63, 3.8) is 0 Å². The number of anilines is 1. The maximum Gasteiger partial charge on any atom is 0.145 e. The number of fused-ring (bicyclic) bond motifs is 1. The second-order valence-electron chi connectivity index (χ2n) is 11.4. The molecule has 1 heterocycles. The number of ketones is 1. The standard InChI is InChI=1S/C26H36N2O2/c1-25(2)15-19-9-23(30-5)22(28(3)4)10-20(19)21(27-25)11-24(29)26-12-16-6-17(13-26)8-18(7-16)14-26/h9-10,16-18H,6-8,11-15H2,1-5H3. The molecule has 4 aliphatic carbocycles. The second-order valence-corrected chi connectivity index (χ2v) is 11.4. The van der Waals surface area contributed by atoms with E-state index in [0.29, 0.717) is 12.2 Å². The molecule has 1 aromatic carbocycles. The highest BCUT2D eigenvalue weighted by molar-refractivity contribution is 6.14. The van der Waals surface area contributed by atoms with Gasteiger partial charge in [-0.25, -0.2) is 0 Å². The van der Waals surface area contributed by atoms with E-state index in [1.807, 2.05) is 14.1 Å². The molecule has 4 heteroatoms. The summed E-state index contributed by atoms with van der Waals surface area (Å²) in [5.41, 5.74) is 4.20. The Morgan fingerprint density at radius 1 is 1.10 bits per heavy atom. The first-order valence-corrected chi connectivity index (χ1v) is 11.7. The normalized spacial score (nSPS) is 33.1. The summed E-state index contributed by atoms with van der Waals surface area (Å²) >= 11 is 0. The van der Waals surface area contributed by atoms with Crippen LogP contribution in [-0.2, 0) is 11.2 Å². The molecule has 0 atom stereocenters. The molecule has 0 aromatic heterocycles. The lowest BCUT2D eigenvalue weighted by atomic mass is 9.48. The van der Waals surface area contributed by atoms with Crippen molar-refractivity contribution in [1.82, 2.24) is 0 Å². The van der Waals surface area contributed by atoms with Crippen molar-refractivity contribution in [3.8, 4) is 5.75 Å². The Morgan fingerprint density at radius 3 is 2.23 bits per heavy atom. The van der Waals surface area contributed by atoms with Gasteiger partial charge < -0.3 is 9.64 Å². The van der Waals surface area contributed by atoms with Gasteiger partial charge in [-0.05, 0) is 94.2 Å². The molecule has 4 bridgehead atoms. The van der Waals surface area contributed by atoms with Crippen LogP contribution >= 0.6 is 0 Å². The number of rotatable bonds is 5. The molecular formula is C26H36N2O2. The Labute approximate surface area is 181 Å². The highest BCUT2D eigenvalue weighted by atomic mass is 16.5. The molecule has 0 unspecified atom stereocenters. The number of carbonyl (C=O) groups is 1. The number of ether oxygens (including phenoxy) is 1. The van der Waals surface area contributed by atoms with E-state index in [0.717, 1.165) is 66.1 Å². The van der Waals surface area contributed by atoms with Crippen LogP contribution < -0.4 is 9.64 Å². The smallest absolute Gasteiger partial charge is 0.145 e. The Hall–Kier alpha value is -1.84. The van der Waals surface area contributed by atoms with Crippen molar-refractivity contribution in [1.29, 1.82) is 0 Å². The maximum atomic E-state index is 13.8. The number of methoxy groups -OCH3 is 1. The highest BCUT2D eigenvalue weighted by Gasteiger charge is 2.54. The number of hydrogen-bond acceptors (Lipinski definition) is 4. The summed E-state index contributed by atoms with van der Waals surface area (Å²) in [6.07, 6.45) is 8.87. The van der Waals surface area contributed by atoms with Crippen LogP contribution in [0.4, 0.5) is 5.69 Å². The van der Waals surface area contributed by atoms with Crippen LogP contribution in [-0.4, -0.2) is 38.2 Å². The molecule has 1 aliphatic heterocycles. The number of aliphatic imine (C=N–C) groups is 1. The van der Waals surface area contributed by atoms with Crippen molar-refractivity contribution >= 4 is 17.2 Å². The second kappa shape index (κ2) is 6.83. The van der Waals surface area contributed by atoms with Crippen molar-refractivity contribution in [2.24, 2.45) is 28.2 Å². The number of nitrogens with zero attached hydrogens (tertiary/aromatic N) is 2. The highest BCUT2D eigenvalue weighted by Crippen LogP contribution is 2.60. The van der Waals surface area contributed by atoms with Gasteiger partial charge in [0.05, 0.1) is 24.0 Å². The molecule has 5 aliphatic rings. The van der Waals surface area contributed by atoms with Crippen LogP contribution in [0.5, 0.6) is 5.75 Å².